The van der Waals surface area contributed by atoms with Crippen molar-refractivity contribution in [1.29, 1.82) is 0 Å². The van der Waals surface area contributed by atoms with Gasteiger partial charge in [-0.15, -0.1) is 0 Å². The van der Waals surface area contributed by atoms with Gasteiger partial charge >= 0.3 is 0 Å². The van der Waals surface area contributed by atoms with Crippen molar-refractivity contribution in [2.24, 2.45) is 0 Å². The van der Waals surface area contributed by atoms with Crippen molar-refractivity contribution in [3.05, 3.63) is 35.9 Å². The summed E-state index contributed by atoms with van der Waals surface area (Å²) in [5.74, 6) is 0. The van der Waals surface area contributed by atoms with Crippen molar-refractivity contribution in [1.82, 2.24) is 0 Å². The Morgan fingerprint density at radius 2 is 1.93 bits per heavy atom. The number of hydrogen-bond donors (Lipinski definition) is 0. The molecule has 1 aromatic carbocycles. The quantitative estimate of drug-likeness (QED) is 0.754. The van der Waals surface area contributed by atoms with Crippen molar-refractivity contribution < 1.29 is 0 Å². The smallest absolute Gasteiger partial charge is 0.0439 e. The van der Waals surface area contributed by atoms with E-state index in [1.807, 2.05) is 0 Å². The van der Waals surface area contributed by atoms with Crippen LogP contribution in [0.2, 0.25) is 0 Å². The summed E-state index contributed by atoms with van der Waals surface area (Å²) in [6, 6.07) is 8.64. The van der Waals surface area contributed by atoms with Crippen LogP contribution in [0, 0.1) is 0 Å². The number of anilines is 1. The molecular weight excluding hydrogens is 250 g/mol. The molecule has 15 heavy (non-hydrogen) atoms. The van der Waals surface area contributed by atoms with Gasteiger partial charge in [-0.3, -0.25) is 0 Å². The lowest BCUT2D eigenvalue weighted by atomic mass is 10.1. The fraction of sp³-hybridized carbons (Fsp3) is 0.385. The Bertz CT molecular complexity index is 340. The van der Waals surface area contributed by atoms with Gasteiger partial charge in [0.1, 0.15) is 0 Å². The SMILES string of the molecule is BrCC=Cc1ccccc1N1CCCC1. The lowest BCUT2D eigenvalue weighted by Crippen LogP contribution is -2.18. The summed E-state index contributed by atoms with van der Waals surface area (Å²) in [7, 11) is 0. The van der Waals surface area contributed by atoms with Crippen LogP contribution in [0.25, 0.3) is 6.08 Å². The number of allylic oxidation sites excluding steroid dienone is 1. The van der Waals surface area contributed by atoms with Gasteiger partial charge in [-0.25, -0.2) is 0 Å². The van der Waals surface area contributed by atoms with Gasteiger partial charge in [0.05, 0.1) is 0 Å². The van der Waals surface area contributed by atoms with Crippen LogP contribution < -0.4 is 4.90 Å². The molecule has 0 bridgehead atoms. The Hall–Kier alpha value is -0.760. The van der Waals surface area contributed by atoms with Gasteiger partial charge in [-0.1, -0.05) is 46.3 Å². The van der Waals surface area contributed by atoms with Gasteiger partial charge in [0.15, 0.2) is 0 Å². The summed E-state index contributed by atoms with van der Waals surface area (Å²) in [4.78, 5) is 2.48. The lowest BCUT2D eigenvalue weighted by Gasteiger charge is -2.19. The van der Waals surface area contributed by atoms with E-state index in [1.54, 1.807) is 0 Å². The van der Waals surface area contributed by atoms with Gasteiger partial charge < -0.3 is 4.90 Å². The zero-order chi connectivity index (χ0) is 10.5. The average molecular weight is 266 g/mol. The van der Waals surface area contributed by atoms with Gasteiger partial charge in [0, 0.05) is 24.1 Å². The molecule has 0 amide bonds. The van der Waals surface area contributed by atoms with Crippen LogP contribution >= 0.6 is 15.9 Å². The van der Waals surface area contributed by atoms with E-state index in [2.05, 4.69) is 57.2 Å². The van der Waals surface area contributed by atoms with E-state index in [0.29, 0.717) is 0 Å². The Kier molecular flexibility index (Phi) is 3.84. The standard InChI is InChI=1S/C13H16BrN/c14-9-5-7-12-6-1-2-8-13(12)15-10-3-4-11-15/h1-2,5-8H,3-4,9-11H2. The summed E-state index contributed by atoms with van der Waals surface area (Å²) < 4.78 is 0. The number of nitrogens with zero attached hydrogens (tertiary/aromatic N) is 1. The van der Waals surface area contributed by atoms with E-state index < -0.39 is 0 Å². The first kappa shape index (κ1) is 10.7. The fourth-order valence-corrected chi connectivity index (χ4v) is 2.23. The van der Waals surface area contributed by atoms with Crippen LogP contribution in [0.3, 0.4) is 0 Å². The van der Waals surface area contributed by atoms with Crippen LogP contribution in [-0.2, 0) is 0 Å². The summed E-state index contributed by atoms with van der Waals surface area (Å²) in [5, 5.41) is 0.918. The van der Waals surface area contributed by atoms with E-state index >= 15 is 0 Å². The van der Waals surface area contributed by atoms with E-state index in [4.69, 9.17) is 0 Å². The molecule has 1 saturated heterocycles. The Morgan fingerprint density at radius 3 is 2.67 bits per heavy atom. The monoisotopic (exact) mass is 265 g/mol. The number of rotatable bonds is 3. The van der Waals surface area contributed by atoms with Crippen molar-refractivity contribution in [3.8, 4) is 0 Å². The highest BCUT2D eigenvalue weighted by atomic mass is 79.9. The highest BCUT2D eigenvalue weighted by molar-refractivity contribution is 9.09. The Morgan fingerprint density at radius 1 is 1.20 bits per heavy atom. The van der Waals surface area contributed by atoms with Crippen LogP contribution in [0.5, 0.6) is 0 Å². The topological polar surface area (TPSA) is 3.24 Å². The first-order valence-corrected chi connectivity index (χ1v) is 6.60. The zero-order valence-electron chi connectivity index (χ0n) is 8.82. The summed E-state index contributed by atoms with van der Waals surface area (Å²) in [5.41, 5.74) is 2.71. The normalized spacial score (nSPS) is 16.5. The molecular formula is C13H16BrN. The third kappa shape index (κ3) is 2.63. The fourth-order valence-electron chi connectivity index (χ4n) is 2.05. The minimum absolute atomic E-state index is 0.918. The third-order valence-electron chi connectivity index (χ3n) is 2.77. The average Bonchev–Trinajstić information content (AvgIpc) is 2.80. The molecule has 0 aliphatic carbocycles. The number of benzene rings is 1. The molecule has 1 aromatic rings. The van der Waals surface area contributed by atoms with Crippen molar-refractivity contribution in [3.63, 3.8) is 0 Å². The maximum atomic E-state index is 3.41. The first-order chi connectivity index (χ1) is 7.42. The van der Waals surface area contributed by atoms with Crippen molar-refractivity contribution in [2.45, 2.75) is 12.8 Å². The second kappa shape index (κ2) is 5.36. The first-order valence-electron chi connectivity index (χ1n) is 5.48. The maximum Gasteiger partial charge on any atom is 0.0439 e. The van der Waals surface area contributed by atoms with Gasteiger partial charge in [-0.2, -0.15) is 0 Å². The van der Waals surface area contributed by atoms with E-state index in [9.17, 15) is 0 Å². The summed E-state index contributed by atoms with van der Waals surface area (Å²) in [6.07, 6.45) is 7.00. The molecule has 0 unspecified atom stereocenters. The molecule has 1 nitrogen and oxygen atoms in total. The molecule has 1 heterocycles. The highest BCUT2D eigenvalue weighted by Crippen LogP contribution is 2.25. The molecule has 1 aliphatic rings. The zero-order valence-corrected chi connectivity index (χ0v) is 10.4. The van der Waals surface area contributed by atoms with E-state index in [0.717, 1.165) is 5.33 Å². The summed E-state index contributed by atoms with van der Waals surface area (Å²) >= 11 is 3.41. The summed E-state index contributed by atoms with van der Waals surface area (Å²) in [6.45, 7) is 2.42. The van der Waals surface area contributed by atoms with Gasteiger partial charge in [0.25, 0.3) is 0 Å². The molecule has 1 aliphatic heterocycles. The predicted molar refractivity (Wildman–Crippen MR) is 70.7 cm³/mol. The van der Waals surface area contributed by atoms with Crippen LogP contribution in [0.4, 0.5) is 5.69 Å². The molecule has 0 spiro atoms. The van der Waals surface area contributed by atoms with Crippen LogP contribution in [-0.4, -0.2) is 18.4 Å². The number of halogens is 1. The van der Waals surface area contributed by atoms with Crippen LogP contribution in [0.1, 0.15) is 18.4 Å². The van der Waals surface area contributed by atoms with Crippen molar-refractivity contribution >= 4 is 27.7 Å². The molecule has 0 atom stereocenters. The second-order valence-corrected chi connectivity index (χ2v) is 4.46. The molecule has 80 valence electrons. The lowest BCUT2D eigenvalue weighted by molar-refractivity contribution is 0.949. The maximum absolute atomic E-state index is 3.41. The minimum Gasteiger partial charge on any atom is -0.371 e. The van der Waals surface area contributed by atoms with Crippen molar-refractivity contribution in [2.75, 3.05) is 23.3 Å². The molecule has 2 heteroatoms. The number of hydrogen-bond acceptors (Lipinski definition) is 1. The van der Waals surface area contributed by atoms with E-state index in [1.165, 1.54) is 37.2 Å². The Balaban J connectivity index is 2.24. The highest BCUT2D eigenvalue weighted by Gasteiger charge is 2.13. The number of para-hydroxylation sites is 1. The molecule has 1 fully saturated rings. The molecule has 0 saturated carbocycles. The molecule has 0 aromatic heterocycles. The molecule has 0 radical (unpaired) electrons. The van der Waals surface area contributed by atoms with Gasteiger partial charge in [-0.05, 0) is 24.5 Å². The van der Waals surface area contributed by atoms with Gasteiger partial charge in [0.2, 0.25) is 0 Å². The molecule has 2 rings (SSSR count). The third-order valence-corrected chi connectivity index (χ3v) is 3.14. The van der Waals surface area contributed by atoms with E-state index in [-0.39, 0.29) is 0 Å². The Labute approximate surface area is 99.9 Å². The minimum atomic E-state index is 0.918. The number of alkyl halides is 1. The second-order valence-electron chi connectivity index (χ2n) is 3.81. The molecule has 0 N–H and O–H groups in total. The largest absolute Gasteiger partial charge is 0.371 e. The predicted octanol–water partition coefficient (Wildman–Crippen LogP) is 3.69. The van der Waals surface area contributed by atoms with Crippen LogP contribution in [0.15, 0.2) is 30.3 Å².